The van der Waals surface area contributed by atoms with Crippen molar-refractivity contribution in [1.82, 2.24) is 25.2 Å². The van der Waals surface area contributed by atoms with E-state index in [4.69, 9.17) is 0 Å². The van der Waals surface area contributed by atoms with Crippen LogP contribution in [0.25, 0.3) is 15.2 Å². The van der Waals surface area contributed by atoms with Gasteiger partial charge in [0.2, 0.25) is 5.16 Å². The minimum absolute atomic E-state index is 0.732. The summed E-state index contributed by atoms with van der Waals surface area (Å²) < 4.78 is 3.88. The van der Waals surface area contributed by atoms with Crippen LogP contribution in [0.1, 0.15) is 4.88 Å². The van der Waals surface area contributed by atoms with Crippen LogP contribution in [0, 0.1) is 6.92 Å². The van der Waals surface area contributed by atoms with Crippen LogP contribution in [-0.4, -0.2) is 25.2 Å². The van der Waals surface area contributed by atoms with E-state index in [0.29, 0.717) is 0 Å². The molecule has 0 aliphatic rings. The van der Waals surface area contributed by atoms with Crippen LogP contribution in [0.15, 0.2) is 45.9 Å². The van der Waals surface area contributed by atoms with Crippen molar-refractivity contribution in [2.45, 2.75) is 16.4 Å². The predicted octanol–water partition coefficient (Wildman–Crippen LogP) is 3.79. The van der Waals surface area contributed by atoms with Gasteiger partial charge in [0.05, 0.1) is 10.2 Å². The number of aryl methyl sites for hydroxylation is 1. The Labute approximate surface area is 132 Å². The molecule has 0 unspecified atom stereocenters. The Morgan fingerprint density at radius 3 is 2.81 bits per heavy atom. The molecule has 0 fully saturated rings. The standard InChI is InChI=1S/C13H9N5S3/c1-8-6-7-11(19-8)18-12(15-16-17-18)21-13-14-9-4-2-3-5-10(9)20-13/h2-7H,1H3. The highest BCUT2D eigenvalue weighted by Crippen LogP contribution is 2.34. The predicted molar refractivity (Wildman–Crippen MR) is 85.5 cm³/mol. The zero-order valence-corrected chi connectivity index (χ0v) is 13.4. The van der Waals surface area contributed by atoms with Crippen LogP contribution in [-0.2, 0) is 0 Å². The summed E-state index contributed by atoms with van der Waals surface area (Å²) in [5.41, 5.74) is 1.01. The van der Waals surface area contributed by atoms with Gasteiger partial charge in [0.1, 0.15) is 5.00 Å². The molecule has 0 atom stereocenters. The summed E-state index contributed by atoms with van der Waals surface area (Å²) in [6.07, 6.45) is 0. The Morgan fingerprint density at radius 2 is 2.00 bits per heavy atom. The van der Waals surface area contributed by atoms with Crippen molar-refractivity contribution in [2.75, 3.05) is 0 Å². The van der Waals surface area contributed by atoms with E-state index in [1.54, 1.807) is 27.4 Å². The Kier molecular flexibility index (Phi) is 3.21. The molecule has 104 valence electrons. The zero-order valence-electron chi connectivity index (χ0n) is 10.9. The number of fused-ring (bicyclic) bond motifs is 1. The van der Waals surface area contributed by atoms with Gasteiger partial charge in [-0.15, -0.1) is 27.8 Å². The third-order valence-corrected chi connectivity index (χ3v) is 5.84. The molecule has 4 aromatic rings. The summed E-state index contributed by atoms with van der Waals surface area (Å²) in [6.45, 7) is 2.07. The summed E-state index contributed by atoms with van der Waals surface area (Å²) in [5.74, 6) is 0. The number of aromatic nitrogens is 5. The summed E-state index contributed by atoms with van der Waals surface area (Å²) in [6, 6.07) is 12.2. The van der Waals surface area contributed by atoms with E-state index in [9.17, 15) is 0 Å². The van der Waals surface area contributed by atoms with E-state index in [0.717, 1.165) is 20.0 Å². The third kappa shape index (κ3) is 2.45. The molecule has 5 nitrogen and oxygen atoms in total. The van der Waals surface area contributed by atoms with Gasteiger partial charge in [-0.1, -0.05) is 12.1 Å². The molecule has 0 bridgehead atoms. The van der Waals surface area contributed by atoms with Crippen molar-refractivity contribution in [3.05, 3.63) is 41.3 Å². The van der Waals surface area contributed by atoms with Crippen molar-refractivity contribution in [2.24, 2.45) is 0 Å². The lowest BCUT2D eigenvalue weighted by Crippen LogP contribution is -1.95. The van der Waals surface area contributed by atoms with E-state index in [1.165, 1.54) is 21.3 Å². The summed E-state index contributed by atoms with van der Waals surface area (Å²) in [7, 11) is 0. The smallest absolute Gasteiger partial charge is 0.221 e. The first-order valence-electron chi connectivity index (χ1n) is 6.18. The quantitative estimate of drug-likeness (QED) is 0.571. The molecule has 21 heavy (non-hydrogen) atoms. The molecule has 0 amide bonds. The van der Waals surface area contributed by atoms with E-state index < -0.39 is 0 Å². The van der Waals surface area contributed by atoms with Gasteiger partial charge in [0.15, 0.2) is 4.34 Å². The van der Waals surface area contributed by atoms with E-state index in [1.807, 2.05) is 24.3 Å². The number of nitrogens with zero attached hydrogens (tertiary/aromatic N) is 5. The Bertz CT molecular complexity index is 874. The molecule has 0 saturated carbocycles. The first kappa shape index (κ1) is 12.9. The molecule has 0 spiro atoms. The lowest BCUT2D eigenvalue weighted by molar-refractivity contribution is 0.768. The van der Waals surface area contributed by atoms with Gasteiger partial charge < -0.3 is 0 Å². The fraction of sp³-hybridized carbons (Fsp3) is 0.0769. The Morgan fingerprint density at radius 1 is 1.10 bits per heavy atom. The highest BCUT2D eigenvalue weighted by atomic mass is 32.2. The molecular formula is C13H9N5S3. The minimum Gasteiger partial charge on any atom is -0.229 e. The fourth-order valence-corrected chi connectivity index (χ4v) is 4.71. The van der Waals surface area contributed by atoms with Crippen molar-refractivity contribution in [3.8, 4) is 5.00 Å². The number of hydrogen-bond donors (Lipinski definition) is 0. The van der Waals surface area contributed by atoms with Crippen LogP contribution in [0.3, 0.4) is 0 Å². The van der Waals surface area contributed by atoms with Gasteiger partial charge in [0.25, 0.3) is 0 Å². The maximum Gasteiger partial charge on any atom is 0.221 e. The molecule has 8 heteroatoms. The molecule has 3 aromatic heterocycles. The summed E-state index contributed by atoms with van der Waals surface area (Å²) >= 11 is 4.81. The number of thiophene rings is 1. The van der Waals surface area contributed by atoms with Crippen LogP contribution in [0.5, 0.6) is 0 Å². The maximum atomic E-state index is 4.60. The molecular weight excluding hydrogens is 322 g/mol. The third-order valence-electron chi connectivity index (χ3n) is 2.83. The molecule has 1 aromatic carbocycles. The zero-order chi connectivity index (χ0) is 14.2. The summed E-state index contributed by atoms with van der Waals surface area (Å²) in [5, 5.41) is 13.7. The van der Waals surface area contributed by atoms with Gasteiger partial charge in [-0.3, -0.25) is 0 Å². The van der Waals surface area contributed by atoms with Gasteiger partial charge >= 0.3 is 0 Å². The van der Waals surface area contributed by atoms with Gasteiger partial charge in [0, 0.05) is 4.88 Å². The van der Waals surface area contributed by atoms with Crippen molar-refractivity contribution in [1.29, 1.82) is 0 Å². The van der Waals surface area contributed by atoms with Gasteiger partial charge in [-0.2, -0.15) is 4.68 Å². The molecule has 0 aliphatic carbocycles. The van der Waals surface area contributed by atoms with Gasteiger partial charge in [-0.05, 0) is 53.4 Å². The monoisotopic (exact) mass is 331 g/mol. The molecule has 3 heterocycles. The number of rotatable bonds is 3. The van der Waals surface area contributed by atoms with Crippen molar-refractivity contribution < 1.29 is 0 Å². The number of benzene rings is 1. The largest absolute Gasteiger partial charge is 0.229 e. The Balaban J connectivity index is 1.70. The summed E-state index contributed by atoms with van der Waals surface area (Å²) in [4.78, 5) is 5.84. The first-order chi connectivity index (χ1) is 10.3. The lowest BCUT2D eigenvalue weighted by Gasteiger charge is -1.98. The molecule has 0 N–H and O–H groups in total. The van der Waals surface area contributed by atoms with Crippen LogP contribution in [0.4, 0.5) is 0 Å². The highest BCUT2D eigenvalue weighted by molar-refractivity contribution is 8.01. The average Bonchev–Trinajstić information content (AvgIpc) is 3.17. The molecule has 4 rings (SSSR count). The molecule has 0 aliphatic heterocycles. The van der Waals surface area contributed by atoms with E-state index in [2.05, 4.69) is 39.6 Å². The lowest BCUT2D eigenvalue weighted by atomic mass is 10.3. The average molecular weight is 331 g/mol. The fourth-order valence-electron chi connectivity index (χ4n) is 1.89. The van der Waals surface area contributed by atoms with E-state index in [-0.39, 0.29) is 0 Å². The molecule has 0 saturated heterocycles. The number of hydrogen-bond acceptors (Lipinski definition) is 7. The number of tetrazole rings is 1. The second kappa shape index (κ2) is 5.21. The number of thiazole rings is 1. The minimum atomic E-state index is 0.732. The second-order valence-corrected chi connectivity index (χ2v) is 7.82. The van der Waals surface area contributed by atoms with Crippen molar-refractivity contribution >= 4 is 44.7 Å². The highest BCUT2D eigenvalue weighted by Gasteiger charge is 2.14. The SMILES string of the molecule is Cc1ccc(-n2nnnc2Sc2nc3ccccc3s2)s1. The first-order valence-corrected chi connectivity index (χ1v) is 8.63. The second-order valence-electron chi connectivity index (χ2n) is 4.31. The Hall–Kier alpha value is -1.77. The topological polar surface area (TPSA) is 56.5 Å². The maximum absolute atomic E-state index is 4.60. The molecule has 0 radical (unpaired) electrons. The van der Waals surface area contributed by atoms with Crippen molar-refractivity contribution in [3.63, 3.8) is 0 Å². The normalized spacial score (nSPS) is 11.3. The van der Waals surface area contributed by atoms with Crippen LogP contribution < -0.4 is 0 Å². The number of para-hydroxylation sites is 1. The van der Waals surface area contributed by atoms with Crippen LogP contribution >= 0.6 is 34.4 Å². The van der Waals surface area contributed by atoms with E-state index >= 15 is 0 Å². The van der Waals surface area contributed by atoms with Gasteiger partial charge in [-0.25, -0.2) is 4.98 Å². The van der Waals surface area contributed by atoms with Crippen LogP contribution in [0.2, 0.25) is 0 Å².